The van der Waals surface area contributed by atoms with Crippen molar-refractivity contribution in [1.29, 1.82) is 0 Å². The van der Waals surface area contributed by atoms with E-state index in [1.54, 1.807) is 0 Å². The van der Waals surface area contributed by atoms with Gasteiger partial charge in [0.15, 0.2) is 0 Å². The lowest BCUT2D eigenvalue weighted by Crippen LogP contribution is -2.46. The number of amides is 1. The summed E-state index contributed by atoms with van der Waals surface area (Å²) in [5, 5.41) is 13.8. The van der Waals surface area contributed by atoms with Crippen molar-refractivity contribution in [1.82, 2.24) is 10.2 Å². The molecule has 0 radical (unpaired) electrons. The average Bonchev–Trinajstić information content (AvgIpc) is 2.41. The molecule has 0 atom stereocenters. The summed E-state index contributed by atoms with van der Waals surface area (Å²) in [6, 6.07) is 1.65. The van der Waals surface area contributed by atoms with Crippen LogP contribution >= 0.6 is 0 Å². The second-order valence-corrected chi connectivity index (χ2v) is 4.19. The number of nitro groups is 1. The molecule has 0 spiro atoms. The fraction of sp³-hybridized carbons (Fsp3) is 0.364. The molecule has 1 heterocycles. The van der Waals surface area contributed by atoms with Crippen LogP contribution in [0.15, 0.2) is 12.1 Å². The van der Waals surface area contributed by atoms with Crippen molar-refractivity contribution in [2.45, 2.75) is 0 Å². The second kappa shape index (κ2) is 5.19. The van der Waals surface area contributed by atoms with Crippen molar-refractivity contribution in [3.05, 3.63) is 33.6 Å². The highest BCUT2D eigenvalue weighted by molar-refractivity contribution is 6.01. The van der Waals surface area contributed by atoms with Crippen molar-refractivity contribution < 1.29 is 14.1 Å². The number of benzene rings is 1. The van der Waals surface area contributed by atoms with Crippen LogP contribution in [-0.2, 0) is 0 Å². The molecule has 2 rings (SSSR count). The van der Waals surface area contributed by atoms with Crippen LogP contribution in [0.25, 0.3) is 0 Å². The Bertz CT molecular complexity index is 529. The summed E-state index contributed by atoms with van der Waals surface area (Å²) in [5.41, 5.74) is 4.55. The Morgan fingerprint density at radius 2 is 2.05 bits per heavy atom. The van der Waals surface area contributed by atoms with Gasteiger partial charge in [0.2, 0.25) is 0 Å². The number of carbonyl (C=O) groups excluding carboxylic acids is 1. The molecule has 1 aliphatic rings. The number of nitrogens with one attached hydrogen (secondary N) is 1. The number of anilines is 1. The van der Waals surface area contributed by atoms with Gasteiger partial charge < -0.3 is 16.0 Å². The van der Waals surface area contributed by atoms with Gasteiger partial charge in [-0.1, -0.05) is 0 Å². The number of rotatable bonds is 2. The molecule has 0 unspecified atom stereocenters. The molecule has 1 aliphatic heterocycles. The monoisotopic (exact) mass is 268 g/mol. The molecule has 0 saturated carbocycles. The first-order valence-electron chi connectivity index (χ1n) is 5.74. The minimum absolute atomic E-state index is 0.159. The van der Waals surface area contributed by atoms with E-state index >= 15 is 0 Å². The van der Waals surface area contributed by atoms with E-state index in [1.165, 1.54) is 4.90 Å². The molecule has 8 heteroatoms. The summed E-state index contributed by atoms with van der Waals surface area (Å²) in [7, 11) is 0. The fourth-order valence-corrected chi connectivity index (χ4v) is 1.97. The van der Waals surface area contributed by atoms with Crippen molar-refractivity contribution in [3.8, 4) is 0 Å². The van der Waals surface area contributed by atoms with Gasteiger partial charge in [0.05, 0.1) is 16.6 Å². The Morgan fingerprint density at radius 3 is 2.63 bits per heavy atom. The lowest BCUT2D eigenvalue weighted by atomic mass is 10.1. The predicted molar refractivity (Wildman–Crippen MR) is 66.2 cm³/mol. The van der Waals surface area contributed by atoms with Crippen LogP contribution in [0.3, 0.4) is 0 Å². The van der Waals surface area contributed by atoms with Crippen LogP contribution in [0.2, 0.25) is 0 Å². The Balaban J connectivity index is 2.38. The smallest absolute Gasteiger partial charge is 0.295 e. The second-order valence-electron chi connectivity index (χ2n) is 4.19. The third-order valence-corrected chi connectivity index (χ3v) is 2.95. The van der Waals surface area contributed by atoms with Gasteiger partial charge >= 0.3 is 0 Å². The predicted octanol–water partition coefficient (Wildman–Crippen LogP) is 0.361. The molecule has 0 aromatic heterocycles. The van der Waals surface area contributed by atoms with Gasteiger partial charge in [-0.05, 0) is 6.07 Å². The van der Waals surface area contributed by atoms with E-state index in [0.29, 0.717) is 32.2 Å². The zero-order valence-electron chi connectivity index (χ0n) is 10.1. The number of nitro benzene ring substituents is 1. The zero-order valence-corrected chi connectivity index (χ0v) is 10.1. The van der Waals surface area contributed by atoms with Gasteiger partial charge in [-0.2, -0.15) is 0 Å². The average molecular weight is 268 g/mol. The van der Waals surface area contributed by atoms with Crippen LogP contribution in [0.4, 0.5) is 15.8 Å². The fourth-order valence-electron chi connectivity index (χ4n) is 1.97. The molecular formula is C11H13FN4O3. The molecule has 0 bridgehead atoms. The van der Waals surface area contributed by atoms with E-state index in [0.717, 1.165) is 6.07 Å². The molecule has 3 N–H and O–H groups in total. The molecule has 102 valence electrons. The summed E-state index contributed by atoms with van der Waals surface area (Å²) in [6.45, 7) is 2.18. The number of hydrogen-bond acceptors (Lipinski definition) is 5. The van der Waals surface area contributed by atoms with Crippen LogP contribution in [-0.4, -0.2) is 41.9 Å². The van der Waals surface area contributed by atoms with E-state index in [-0.39, 0.29) is 11.3 Å². The summed E-state index contributed by atoms with van der Waals surface area (Å²) in [4.78, 5) is 23.6. The summed E-state index contributed by atoms with van der Waals surface area (Å²) < 4.78 is 13.4. The quantitative estimate of drug-likeness (QED) is 0.458. The van der Waals surface area contributed by atoms with Gasteiger partial charge in [-0.15, -0.1) is 0 Å². The molecule has 1 amide bonds. The number of hydrogen-bond donors (Lipinski definition) is 2. The molecule has 1 fully saturated rings. The molecule has 0 aliphatic carbocycles. The largest absolute Gasteiger partial charge is 0.393 e. The maximum absolute atomic E-state index is 13.4. The highest BCUT2D eigenvalue weighted by Crippen LogP contribution is 2.27. The van der Waals surface area contributed by atoms with E-state index in [4.69, 9.17) is 5.73 Å². The maximum atomic E-state index is 13.4. The van der Waals surface area contributed by atoms with Crippen molar-refractivity contribution >= 4 is 17.3 Å². The third-order valence-electron chi connectivity index (χ3n) is 2.95. The van der Waals surface area contributed by atoms with Crippen molar-refractivity contribution in [2.75, 3.05) is 31.9 Å². The Labute approximate surface area is 108 Å². The maximum Gasteiger partial charge on any atom is 0.295 e. The van der Waals surface area contributed by atoms with Crippen LogP contribution < -0.4 is 11.1 Å². The van der Waals surface area contributed by atoms with Crippen molar-refractivity contribution in [2.24, 2.45) is 0 Å². The minimum Gasteiger partial charge on any atom is -0.393 e. The van der Waals surface area contributed by atoms with Crippen LogP contribution in [0, 0.1) is 15.9 Å². The standard InChI is InChI=1S/C11H13FN4O3/c12-7-5-8(10(13)9(6-7)16(18)19)11(17)15-3-1-14-2-4-15/h5-6,14H,1-4,13H2. The van der Waals surface area contributed by atoms with Gasteiger partial charge in [0, 0.05) is 26.2 Å². The molecule has 1 aromatic carbocycles. The lowest BCUT2D eigenvalue weighted by molar-refractivity contribution is -0.384. The SMILES string of the molecule is Nc1c(C(=O)N2CCNCC2)cc(F)cc1[N+](=O)[O-]. The van der Waals surface area contributed by atoms with E-state index < -0.39 is 22.3 Å². The zero-order chi connectivity index (χ0) is 14.0. The topological polar surface area (TPSA) is 102 Å². The summed E-state index contributed by atoms with van der Waals surface area (Å²) >= 11 is 0. The van der Waals surface area contributed by atoms with Crippen LogP contribution in [0.5, 0.6) is 0 Å². The number of nitrogen functional groups attached to an aromatic ring is 1. The molecule has 1 saturated heterocycles. The highest BCUT2D eigenvalue weighted by Gasteiger charge is 2.25. The van der Waals surface area contributed by atoms with E-state index in [2.05, 4.69) is 5.32 Å². The van der Waals surface area contributed by atoms with Gasteiger partial charge in [0.1, 0.15) is 11.5 Å². The first-order chi connectivity index (χ1) is 9.00. The van der Waals surface area contributed by atoms with Gasteiger partial charge in [0.25, 0.3) is 11.6 Å². The number of carbonyl (C=O) groups is 1. The third kappa shape index (κ3) is 2.63. The normalized spacial score (nSPS) is 15.3. The number of piperazine rings is 1. The number of nitrogens with zero attached hydrogens (tertiary/aromatic N) is 2. The summed E-state index contributed by atoms with van der Waals surface area (Å²) in [5.74, 6) is -1.33. The van der Waals surface area contributed by atoms with Gasteiger partial charge in [-0.25, -0.2) is 4.39 Å². The Hall–Kier alpha value is -2.22. The first-order valence-corrected chi connectivity index (χ1v) is 5.74. The number of nitrogens with two attached hydrogens (primary N) is 1. The van der Waals surface area contributed by atoms with Crippen LogP contribution in [0.1, 0.15) is 10.4 Å². The molecular weight excluding hydrogens is 255 g/mol. The van der Waals surface area contributed by atoms with E-state index in [9.17, 15) is 19.3 Å². The highest BCUT2D eigenvalue weighted by atomic mass is 19.1. The Kier molecular flexibility index (Phi) is 3.61. The minimum atomic E-state index is -0.848. The molecule has 7 nitrogen and oxygen atoms in total. The van der Waals surface area contributed by atoms with Gasteiger partial charge in [-0.3, -0.25) is 14.9 Å². The lowest BCUT2D eigenvalue weighted by Gasteiger charge is -2.27. The summed E-state index contributed by atoms with van der Waals surface area (Å²) in [6.07, 6.45) is 0. The number of halogens is 1. The first kappa shape index (κ1) is 13.2. The molecule has 19 heavy (non-hydrogen) atoms. The van der Waals surface area contributed by atoms with E-state index in [1.807, 2.05) is 0 Å². The molecule has 1 aromatic rings. The van der Waals surface area contributed by atoms with Crippen molar-refractivity contribution in [3.63, 3.8) is 0 Å². The Morgan fingerprint density at radius 1 is 1.42 bits per heavy atom.